The molecular weight excluding hydrogens is 1040 g/mol. The van der Waals surface area contributed by atoms with Gasteiger partial charge in [-0.2, -0.15) is 0 Å². The minimum absolute atomic E-state index is 0.0309. The zero-order valence-corrected chi connectivity index (χ0v) is 55.4. The standard InChI is InChI=1S/C72H132NO8P/c1-6-8-10-12-14-16-18-20-22-24-25-26-27-28-29-30-31-32-33-34-35-36-37-38-39-40-41-42-43-44-45-46-47-49-51-53-55-57-59-61-63-65-72(75)81-70(69-80-82(76,77)79-67-66-73(3,4)5)68-78-71(74)64-62-60-58-56-54-52-50-48-23-21-19-17-15-13-11-9-7-2/h8,10,14-17,20-23,25-26,70H,6-7,9,11-13,18-19,24,27-69H2,1-5H3/p+1/b10-8-,16-14-,17-15-,22-20-,23-21-,26-25-. The number of esters is 2. The van der Waals surface area contributed by atoms with Crippen LogP contribution in [0.4, 0.5) is 0 Å². The Labute approximate surface area is 508 Å². The van der Waals surface area contributed by atoms with Gasteiger partial charge in [0.2, 0.25) is 0 Å². The Morgan fingerprint density at radius 3 is 1.04 bits per heavy atom. The summed E-state index contributed by atoms with van der Waals surface area (Å²) in [5, 5.41) is 0. The molecule has 0 aliphatic rings. The number of nitrogens with zero attached hydrogens (tertiary/aromatic N) is 1. The minimum Gasteiger partial charge on any atom is -0.462 e. The number of hydrogen-bond donors (Lipinski definition) is 1. The van der Waals surface area contributed by atoms with Gasteiger partial charge in [0.1, 0.15) is 19.8 Å². The van der Waals surface area contributed by atoms with Crippen molar-refractivity contribution in [2.45, 2.75) is 328 Å². The first-order valence-electron chi connectivity index (χ1n) is 34.7. The smallest absolute Gasteiger partial charge is 0.462 e. The number of carbonyl (C=O) groups excluding carboxylic acids is 2. The second-order valence-corrected chi connectivity index (χ2v) is 26.0. The lowest BCUT2D eigenvalue weighted by Gasteiger charge is -2.24. The number of carbonyl (C=O) groups is 2. The van der Waals surface area contributed by atoms with Crippen LogP contribution >= 0.6 is 7.82 Å². The monoisotopic (exact) mass is 1170 g/mol. The highest BCUT2D eigenvalue weighted by atomic mass is 31.2. The maximum Gasteiger partial charge on any atom is 0.472 e. The van der Waals surface area contributed by atoms with Gasteiger partial charge in [-0.1, -0.05) is 299 Å². The van der Waals surface area contributed by atoms with Gasteiger partial charge in [-0.15, -0.1) is 0 Å². The molecule has 1 N–H and O–H groups in total. The van der Waals surface area contributed by atoms with E-state index in [4.69, 9.17) is 18.5 Å². The lowest BCUT2D eigenvalue weighted by molar-refractivity contribution is -0.870. The normalized spacial score (nSPS) is 13.6. The molecule has 478 valence electrons. The molecule has 2 atom stereocenters. The summed E-state index contributed by atoms with van der Waals surface area (Å²) in [5.41, 5.74) is 0. The summed E-state index contributed by atoms with van der Waals surface area (Å²) in [7, 11) is 1.48. The van der Waals surface area contributed by atoms with E-state index in [-0.39, 0.29) is 32.0 Å². The van der Waals surface area contributed by atoms with E-state index < -0.39 is 26.5 Å². The van der Waals surface area contributed by atoms with Crippen LogP contribution in [0.25, 0.3) is 0 Å². The summed E-state index contributed by atoms with van der Waals surface area (Å²) in [6, 6.07) is 0. The quantitative estimate of drug-likeness (QED) is 0.0211. The lowest BCUT2D eigenvalue weighted by Crippen LogP contribution is -2.37. The van der Waals surface area contributed by atoms with E-state index in [1.54, 1.807) is 0 Å². The SMILES string of the molecule is CC/C=C\C/C=C\C/C=C\C/C=C\CCCCCCCCCCCCCCCCCCCCCCCCCCCCCCC(=O)OC(COC(=O)CCCCCCCCC/C=C\C/C=C\CCCCC)COP(=O)(O)OCC[N+](C)(C)C. The summed E-state index contributed by atoms with van der Waals surface area (Å²) in [6.45, 7) is 4.32. The third-order valence-electron chi connectivity index (χ3n) is 15.2. The van der Waals surface area contributed by atoms with E-state index in [9.17, 15) is 19.0 Å². The fourth-order valence-electron chi connectivity index (χ4n) is 9.92. The third-order valence-corrected chi connectivity index (χ3v) is 16.2. The Balaban J connectivity index is 3.88. The molecule has 0 aromatic rings. The summed E-state index contributed by atoms with van der Waals surface area (Å²) in [5.74, 6) is -0.794. The van der Waals surface area contributed by atoms with Crippen molar-refractivity contribution in [2.75, 3.05) is 47.5 Å². The topological polar surface area (TPSA) is 108 Å². The zero-order valence-electron chi connectivity index (χ0n) is 54.5. The molecule has 0 saturated carbocycles. The molecule has 2 unspecified atom stereocenters. The van der Waals surface area contributed by atoms with Crippen LogP contribution in [0.15, 0.2) is 72.9 Å². The van der Waals surface area contributed by atoms with Gasteiger partial charge in [0.25, 0.3) is 0 Å². The molecule has 0 aliphatic heterocycles. The predicted octanol–water partition coefficient (Wildman–Crippen LogP) is 22.4. The second kappa shape index (κ2) is 63.0. The number of hydrogen-bond acceptors (Lipinski definition) is 7. The Kier molecular flexibility index (Phi) is 61.0. The number of phosphoric ester groups is 1. The van der Waals surface area contributed by atoms with Crippen molar-refractivity contribution in [3.8, 4) is 0 Å². The summed E-state index contributed by atoms with van der Waals surface area (Å²) >= 11 is 0. The summed E-state index contributed by atoms with van der Waals surface area (Å²) < 4.78 is 34.6. The molecule has 82 heavy (non-hydrogen) atoms. The van der Waals surface area contributed by atoms with Gasteiger partial charge in [-0.05, 0) is 83.5 Å². The maximum absolute atomic E-state index is 12.9. The van der Waals surface area contributed by atoms with E-state index in [0.717, 1.165) is 77.0 Å². The Bertz CT molecular complexity index is 1610. The van der Waals surface area contributed by atoms with Crippen LogP contribution in [0.3, 0.4) is 0 Å². The van der Waals surface area contributed by atoms with Crippen LogP contribution in [-0.4, -0.2) is 74.9 Å². The molecular formula is C72H133NO8P+. The largest absolute Gasteiger partial charge is 0.472 e. The van der Waals surface area contributed by atoms with Crippen molar-refractivity contribution < 1.29 is 42.1 Å². The molecule has 0 aromatic carbocycles. The van der Waals surface area contributed by atoms with Crippen LogP contribution < -0.4 is 0 Å². The molecule has 0 radical (unpaired) electrons. The number of likely N-dealkylation sites (N-methyl/N-ethyl adjacent to an activating group) is 1. The molecule has 10 heteroatoms. The maximum atomic E-state index is 12.9. The van der Waals surface area contributed by atoms with Gasteiger partial charge in [0, 0.05) is 12.8 Å². The fourth-order valence-corrected chi connectivity index (χ4v) is 10.7. The number of phosphoric acid groups is 1. The number of unbranched alkanes of at least 4 members (excludes halogenated alkanes) is 38. The van der Waals surface area contributed by atoms with Crippen molar-refractivity contribution in [3.05, 3.63) is 72.9 Å². The first-order valence-corrected chi connectivity index (χ1v) is 36.2. The molecule has 0 heterocycles. The molecule has 9 nitrogen and oxygen atoms in total. The van der Waals surface area contributed by atoms with E-state index >= 15 is 0 Å². The highest BCUT2D eigenvalue weighted by Gasteiger charge is 2.27. The van der Waals surface area contributed by atoms with E-state index in [2.05, 4.69) is 86.8 Å². The van der Waals surface area contributed by atoms with Gasteiger partial charge < -0.3 is 18.9 Å². The Morgan fingerprint density at radius 2 is 0.695 bits per heavy atom. The molecule has 0 fully saturated rings. The lowest BCUT2D eigenvalue weighted by atomic mass is 10.0. The van der Waals surface area contributed by atoms with Crippen LogP contribution in [0.2, 0.25) is 0 Å². The molecule has 0 amide bonds. The first kappa shape index (κ1) is 79.5. The number of ether oxygens (including phenoxy) is 2. The average Bonchev–Trinajstić information content (AvgIpc) is 3.45. The summed E-state index contributed by atoms with van der Waals surface area (Å²) in [6.07, 6.45) is 84.5. The van der Waals surface area contributed by atoms with Gasteiger partial charge in [-0.3, -0.25) is 18.6 Å². The molecule has 0 spiro atoms. The summed E-state index contributed by atoms with van der Waals surface area (Å²) in [4.78, 5) is 35.8. The van der Waals surface area contributed by atoms with Crippen LogP contribution in [-0.2, 0) is 32.7 Å². The molecule has 0 bridgehead atoms. The highest BCUT2D eigenvalue weighted by Crippen LogP contribution is 2.43. The van der Waals surface area contributed by atoms with Crippen LogP contribution in [0, 0.1) is 0 Å². The number of quaternary nitrogens is 1. The van der Waals surface area contributed by atoms with Crippen molar-refractivity contribution in [1.82, 2.24) is 0 Å². The number of allylic oxidation sites excluding steroid dienone is 12. The number of rotatable bonds is 64. The van der Waals surface area contributed by atoms with Crippen LogP contribution in [0.5, 0.6) is 0 Å². The third kappa shape index (κ3) is 66.6. The van der Waals surface area contributed by atoms with E-state index in [0.29, 0.717) is 17.4 Å². The average molecular weight is 1170 g/mol. The van der Waals surface area contributed by atoms with Crippen molar-refractivity contribution in [1.29, 1.82) is 0 Å². The predicted molar refractivity (Wildman–Crippen MR) is 353 cm³/mol. The van der Waals surface area contributed by atoms with Gasteiger partial charge in [0.05, 0.1) is 27.7 Å². The van der Waals surface area contributed by atoms with Gasteiger partial charge in [0.15, 0.2) is 6.10 Å². The van der Waals surface area contributed by atoms with Crippen molar-refractivity contribution in [2.24, 2.45) is 0 Å². The van der Waals surface area contributed by atoms with E-state index in [1.165, 1.54) is 212 Å². The fraction of sp³-hybridized carbons (Fsp3) is 0.806. The highest BCUT2D eigenvalue weighted by molar-refractivity contribution is 7.47. The minimum atomic E-state index is -4.39. The van der Waals surface area contributed by atoms with Crippen molar-refractivity contribution in [3.63, 3.8) is 0 Å². The van der Waals surface area contributed by atoms with Crippen LogP contribution in [0.1, 0.15) is 322 Å². The van der Waals surface area contributed by atoms with Crippen molar-refractivity contribution >= 4 is 19.8 Å². The first-order chi connectivity index (χ1) is 40.0. The Hall–Kier alpha value is -2.55. The van der Waals surface area contributed by atoms with Gasteiger partial charge in [-0.25, -0.2) is 4.57 Å². The second-order valence-electron chi connectivity index (χ2n) is 24.5. The molecule has 0 aliphatic carbocycles. The van der Waals surface area contributed by atoms with Gasteiger partial charge >= 0.3 is 19.8 Å². The Morgan fingerprint density at radius 1 is 0.390 bits per heavy atom. The molecule has 0 aromatic heterocycles. The van der Waals surface area contributed by atoms with E-state index in [1.807, 2.05) is 21.1 Å². The zero-order chi connectivity index (χ0) is 59.8. The molecule has 0 rings (SSSR count). The molecule has 0 saturated heterocycles.